The van der Waals surface area contributed by atoms with Gasteiger partial charge in [-0.05, 0) is 12.5 Å². The number of piperazine rings is 1. The van der Waals surface area contributed by atoms with Gasteiger partial charge in [0.1, 0.15) is 17.8 Å². The standard InChI is InChI=1S/C16H19N3O3/c20-14-3-4-16(15(21)18-14)10-22-13-9-11(1-2-12(13)16)19-7-5-17-6-8-19/h1-2,9,17H,3-8,10H2,(H,18,20,21)/t16-/m1/s1. The Kier molecular flexibility index (Phi) is 3.07. The molecule has 2 amide bonds. The molecule has 3 aliphatic heterocycles. The van der Waals surface area contributed by atoms with Crippen molar-refractivity contribution in [2.24, 2.45) is 0 Å². The van der Waals surface area contributed by atoms with E-state index in [1.54, 1.807) is 0 Å². The molecular weight excluding hydrogens is 282 g/mol. The number of benzene rings is 1. The highest BCUT2D eigenvalue weighted by molar-refractivity contribution is 6.04. The molecule has 2 saturated heterocycles. The van der Waals surface area contributed by atoms with E-state index in [9.17, 15) is 9.59 Å². The minimum Gasteiger partial charge on any atom is -0.492 e. The van der Waals surface area contributed by atoms with Gasteiger partial charge in [-0.25, -0.2) is 0 Å². The van der Waals surface area contributed by atoms with Gasteiger partial charge in [0.2, 0.25) is 11.8 Å². The van der Waals surface area contributed by atoms with Crippen LogP contribution < -0.4 is 20.3 Å². The smallest absolute Gasteiger partial charge is 0.240 e. The molecule has 6 heteroatoms. The number of nitrogens with one attached hydrogen (secondary N) is 2. The maximum Gasteiger partial charge on any atom is 0.240 e. The third kappa shape index (κ3) is 1.98. The molecule has 3 heterocycles. The van der Waals surface area contributed by atoms with Crippen LogP contribution >= 0.6 is 0 Å². The van der Waals surface area contributed by atoms with Gasteiger partial charge in [-0.1, -0.05) is 6.07 Å². The molecule has 22 heavy (non-hydrogen) atoms. The highest BCUT2D eigenvalue weighted by Gasteiger charge is 2.50. The number of amides is 2. The molecule has 0 aromatic heterocycles. The number of nitrogens with zero attached hydrogens (tertiary/aromatic N) is 1. The van der Waals surface area contributed by atoms with E-state index in [-0.39, 0.29) is 11.8 Å². The number of imide groups is 1. The first kappa shape index (κ1) is 13.6. The Balaban J connectivity index is 1.66. The third-order valence-corrected chi connectivity index (χ3v) is 4.90. The molecule has 4 rings (SSSR count). The lowest BCUT2D eigenvalue weighted by atomic mass is 9.75. The summed E-state index contributed by atoms with van der Waals surface area (Å²) in [5.41, 5.74) is 1.35. The zero-order chi connectivity index (χ0) is 15.2. The van der Waals surface area contributed by atoms with Crippen molar-refractivity contribution < 1.29 is 14.3 Å². The molecule has 2 fully saturated rings. The fourth-order valence-corrected chi connectivity index (χ4v) is 3.57. The lowest BCUT2D eigenvalue weighted by Crippen LogP contribution is -2.52. The molecule has 0 aliphatic carbocycles. The largest absolute Gasteiger partial charge is 0.492 e. The Morgan fingerprint density at radius 1 is 1.18 bits per heavy atom. The molecule has 1 aromatic carbocycles. The quantitative estimate of drug-likeness (QED) is 0.723. The van der Waals surface area contributed by atoms with Crippen LogP contribution in [0.2, 0.25) is 0 Å². The van der Waals surface area contributed by atoms with Crippen molar-refractivity contribution in [2.75, 3.05) is 37.7 Å². The Morgan fingerprint density at radius 2 is 2.00 bits per heavy atom. The number of piperidine rings is 1. The van der Waals surface area contributed by atoms with E-state index < -0.39 is 5.41 Å². The second kappa shape index (κ2) is 4.98. The van der Waals surface area contributed by atoms with Crippen LogP contribution in [0.3, 0.4) is 0 Å². The summed E-state index contributed by atoms with van der Waals surface area (Å²) in [7, 11) is 0. The molecule has 0 saturated carbocycles. The van der Waals surface area contributed by atoms with Gasteiger partial charge in [0.05, 0.1) is 0 Å². The van der Waals surface area contributed by atoms with Crippen LogP contribution in [0.15, 0.2) is 18.2 Å². The van der Waals surface area contributed by atoms with E-state index in [2.05, 4.69) is 21.6 Å². The molecule has 1 atom stereocenters. The van der Waals surface area contributed by atoms with E-state index in [1.807, 2.05) is 12.1 Å². The van der Waals surface area contributed by atoms with Gasteiger partial charge in [0.15, 0.2) is 0 Å². The SMILES string of the molecule is O=C1CC[C@]2(COc3cc(N4CCNCC4)ccc32)C(=O)N1. The fraction of sp³-hybridized carbons (Fsp3) is 0.500. The summed E-state index contributed by atoms with van der Waals surface area (Å²) >= 11 is 0. The summed E-state index contributed by atoms with van der Waals surface area (Å²) in [5, 5.41) is 5.79. The van der Waals surface area contributed by atoms with Crippen LogP contribution in [-0.2, 0) is 15.0 Å². The minimum atomic E-state index is -0.689. The number of anilines is 1. The first-order chi connectivity index (χ1) is 10.7. The van der Waals surface area contributed by atoms with Gasteiger partial charge >= 0.3 is 0 Å². The molecule has 0 radical (unpaired) electrons. The number of fused-ring (bicyclic) bond motifs is 2. The molecule has 6 nitrogen and oxygen atoms in total. The van der Waals surface area contributed by atoms with E-state index in [0.29, 0.717) is 19.4 Å². The zero-order valence-electron chi connectivity index (χ0n) is 12.4. The number of carbonyl (C=O) groups excluding carboxylic acids is 2. The Labute approximate surface area is 128 Å². The van der Waals surface area contributed by atoms with E-state index in [4.69, 9.17) is 4.74 Å². The Morgan fingerprint density at radius 3 is 2.77 bits per heavy atom. The maximum absolute atomic E-state index is 12.3. The first-order valence-electron chi connectivity index (χ1n) is 7.76. The van der Waals surface area contributed by atoms with Gasteiger partial charge in [-0.15, -0.1) is 0 Å². The minimum absolute atomic E-state index is 0.193. The number of hydrogen-bond donors (Lipinski definition) is 2. The van der Waals surface area contributed by atoms with Crippen molar-refractivity contribution in [1.29, 1.82) is 0 Å². The monoisotopic (exact) mass is 301 g/mol. The lowest BCUT2D eigenvalue weighted by molar-refractivity contribution is -0.138. The van der Waals surface area contributed by atoms with Crippen LogP contribution in [0.1, 0.15) is 18.4 Å². The predicted molar refractivity (Wildman–Crippen MR) is 81.1 cm³/mol. The van der Waals surface area contributed by atoms with E-state index in [0.717, 1.165) is 43.2 Å². The number of rotatable bonds is 1. The Bertz CT molecular complexity index is 640. The van der Waals surface area contributed by atoms with E-state index >= 15 is 0 Å². The topological polar surface area (TPSA) is 70.7 Å². The second-order valence-electron chi connectivity index (χ2n) is 6.17. The first-order valence-corrected chi connectivity index (χ1v) is 7.76. The summed E-state index contributed by atoms with van der Waals surface area (Å²) in [6, 6.07) is 6.08. The Hall–Kier alpha value is -2.08. The summed E-state index contributed by atoms with van der Waals surface area (Å²) in [4.78, 5) is 26.1. The van der Waals surface area contributed by atoms with Crippen LogP contribution in [0.5, 0.6) is 5.75 Å². The highest BCUT2D eigenvalue weighted by Crippen LogP contribution is 2.45. The van der Waals surface area contributed by atoms with Gasteiger partial charge in [-0.2, -0.15) is 0 Å². The van der Waals surface area contributed by atoms with Crippen molar-refractivity contribution in [3.63, 3.8) is 0 Å². The molecule has 1 aromatic rings. The van der Waals surface area contributed by atoms with Crippen molar-refractivity contribution >= 4 is 17.5 Å². The molecule has 3 aliphatic rings. The zero-order valence-corrected chi connectivity index (χ0v) is 12.4. The lowest BCUT2D eigenvalue weighted by Gasteiger charge is -2.31. The molecular formula is C16H19N3O3. The average molecular weight is 301 g/mol. The van der Waals surface area contributed by atoms with Gasteiger partial charge in [0, 0.05) is 49.9 Å². The molecule has 0 unspecified atom stereocenters. The van der Waals surface area contributed by atoms with Crippen LogP contribution in [0.25, 0.3) is 0 Å². The third-order valence-electron chi connectivity index (χ3n) is 4.90. The van der Waals surface area contributed by atoms with E-state index in [1.165, 1.54) is 0 Å². The molecule has 0 bridgehead atoms. The fourth-order valence-electron chi connectivity index (χ4n) is 3.57. The van der Waals surface area contributed by atoms with Gasteiger partial charge < -0.3 is 15.0 Å². The van der Waals surface area contributed by atoms with Crippen molar-refractivity contribution in [3.05, 3.63) is 23.8 Å². The normalized spacial score (nSPS) is 27.5. The number of ether oxygens (including phenoxy) is 1. The molecule has 116 valence electrons. The second-order valence-corrected chi connectivity index (χ2v) is 6.17. The summed E-state index contributed by atoms with van der Waals surface area (Å²) in [5.74, 6) is 0.361. The summed E-state index contributed by atoms with van der Waals surface area (Å²) in [6.45, 7) is 4.23. The maximum atomic E-state index is 12.3. The molecule has 1 spiro atoms. The predicted octanol–water partition coefficient (Wildman–Crippen LogP) is 0.163. The average Bonchev–Trinajstić information content (AvgIpc) is 2.91. The van der Waals surface area contributed by atoms with Crippen LogP contribution in [0.4, 0.5) is 5.69 Å². The van der Waals surface area contributed by atoms with Crippen molar-refractivity contribution in [3.8, 4) is 5.75 Å². The number of hydrogen-bond acceptors (Lipinski definition) is 5. The molecule has 2 N–H and O–H groups in total. The van der Waals surface area contributed by atoms with Crippen LogP contribution in [-0.4, -0.2) is 44.6 Å². The summed E-state index contributed by atoms with van der Waals surface area (Å²) < 4.78 is 5.81. The highest BCUT2D eigenvalue weighted by atomic mass is 16.5. The van der Waals surface area contributed by atoms with Gasteiger partial charge in [0.25, 0.3) is 0 Å². The van der Waals surface area contributed by atoms with Gasteiger partial charge in [-0.3, -0.25) is 14.9 Å². The summed E-state index contributed by atoms with van der Waals surface area (Å²) in [6.07, 6.45) is 0.895. The van der Waals surface area contributed by atoms with Crippen molar-refractivity contribution in [1.82, 2.24) is 10.6 Å². The van der Waals surface area contributed by atoms with Crippen molar-refractivity contribution in [2.45, 2.75) is 18.3 Å². The van der Waals surface area contributed by atoms with Crippen LogP contribution in [0, 0.1) is 0 Å². The number of carbonyl (C=O) groups is 2.